The zero-order valence-corrected chi connectivity index (χ0v) is 18.6. The van der Waals surface area contributed by atoms with Crippen LogP contribution in [0.2, 0.25) is 0 Å². The second-order valence-corrected chi connectivity index (χ2v) is 11.8. The van der Waals surface area contributed by atoms with Crippen molar-refractivity contribution in [1.29, 1.82) is 0 Å². The SMILES string of the molecule is CCCC(NS(=O)(=O)c1ccc(C(C)CC)cc1)C12CC3CC(CC(C3)C1)C2. The van der Waals surface area contributed by atoms with Crippen molar-refractivity contribution in [2.24, 2.45) is 23.2 Å². The smallest absolute Gasteiger partial charge is 0.208 e. The van der Waals surface area contributed by atoms with Crippen molar-refractivity contribution in [1.82, 2.24) is 4.72 Å². The summed E-state index contributed by atoms with van der Waals surface area (Å²) in [5.74, 6) is 2.98. The minimum atomic E-state index is -3.47. The number of benzene rings is 1. The summed E-state index contributed by atoms with van der Waals surface area (Å²) in [6.07, 6.45) is 10.9. The molecule has 3 nitrogen and oxygen atoms in total. The van der Waals surface area contributed by atoms with Crippen molar-refractivity contribution in [2.75, 3.05) is 0 Å². The van der Waals surface area contributed by atoms with E-state index in [1.54, 1.807) is 12.1 Å². The summed E-state index contributed by atoms with van der Waals surface area (Å²) in [7, 11) is -3.47. The molecule has 1 aromatic rings. The van der Waals surface area contributed by atoms with Gasteiger partial charge in [-0.05, 0) is 98.1 Å². The van der Waals surface area contributed by atoms with Crippen molar-refractivity contribution < 1.29 is 8.42 Å². The fourth-order valence-electron chi connectivity index (χ4n) is 6.85. The van der Waals surface area contributed by atoms with Crippen LogP contribution in [0.5, 0.6) is 0 Å². The van der Waals surface area contributed by atoms with Crippen molar-refractivity contribution in [3.63, 3.8) is 0 Å². The third-order valence-electron chi connectivity index (χ3n) is 8.07. The first-order valence-electron chi connectivity index (χ1n) is 11.5. The van der Waals surface area contributed by atoms with E-state index >= 15 is 0 Å². The first kappa shape index (κ1) is 20.4. The minimum Gasteiger partial charge on any atom is -0.208 e. The largest absolute Gasteiger partial charge is 0.240 e. The molecular weight excluding hydrogens is 366 g/mol. The molecule has 2 unspecified atom stereocenters. The van der Waals surface area contributed by atoms with Crippen LogP contribution in [0.15, 0.2) is 29.2 Å². The van der Waals surface area contributed by atoms with E-state index in [2.05, 4.69) is 25.5 Å². The summed E-state index contributed by atoms with van der Waals surface area (Å²) in [6, 6.07) is 7.66. The van der Waals surface area contributed by atoms with Gasteiger partial charge >= 0.3 is 0 Å². The van der Waals surface area contributed by atoms with Gasteiger partial charge in [-0.3, -0.25) is 0 Å². The van der Waals surface area contributed by atoms with Crippen LogP contribution in [0.25, 0.3) is 0 Å². The Balaban J connectivity index is 1.56. The Kier molecular flexibility index (Phi) is 5.65. The van der Waals surface area contributed by atoms with Crippen LogP contribution in [0.1, 0.15) is 90.0 Å². The summed E-state index contributed by atoms with van der Waals surface area (Å²) >= 11 is 0. The van der Waals surface area contributed by atoms with Gasteiger partial charge in [0.25, 0.3) is 0 Å². The molecule has 1 aromatic carbocycles. The Morgan fingerprint density at radius 3 is 2.00 bits per heavy atom. The number of hydrogen-bond acceptors (Lipinski definition) is 2. The van der Waals surface area contributed by atoms with Gasteiger partial charge in [0.2, 0.25) is 10.0 Å². The van der Waals surface area contributed by atoms with Gasteiger partial charge in [-0.25, -0.2) is 13.1 Å². The number of hydrogen-bond donors (Lipinski definition) is 1. The second kappa shape index (κ2) is 7.75. The molecule has 0 aromatic heterocycles. The lowest BCUT2D eigenvalue weighted by Gasteiger charge is -2.59. The number of nitrogens with one attached hydrogen (secondary N) is 1. The van der Waals surface area contributed by atoms with Gasteiger partial charge in [0.05, 0.1) is 4.90 Å². The summed E-state index contributed by atoms with van der Waals surface area (Å²) < 4.78 is 29.7. The molecule has 28 heavy (non-hydrogen) atoms. The van der Waals surface area contributed by atoms with E-state index in [0.29, 0.717) is 10.8 Å². The first-order valence-corrected chi connectivity index (χ1v) is 13.0. The zero-order chi connectivity index (χ0) is 19.9. The standard InChI is InChI=1S/C24H37NO2S/c1-4-6-23(24-14-18-11-19(15-24)13-20(12-18)16-24)25-28(26,27)22-9-7-21(8-10-22)17(3)5-2/h7-10,17-20,23,25H,4-6,11-16H2,1-3H3. The number of sulfonamides is 1. The van der Waals surface area contributed by atoms with Crippen LogP contribution in [-0.4, -0.2) is 14.5 Å². The molecule has 0 saturated heterocycles. The van der Waals surface area contributed by atoms with Crippen LogP contribution < -0.4 is 4.72 Å². The summed E-state index contributed by atoms with van der Waals surface area (Å²) in [6.45, 7) is 6.53. The second-order valence-electron chi connectivity index (χ2n) is 10.1. The molecule has 0 radical (unpaired) electrons. The van der Waals surface area contributed by atoms with E-state index in [9.17, 15) is 8.42 Å². The maximum absolute atomic E-state index is 13.3. The Bertz CT molecular complexity index is 748. The van der Waals surface area contributed by atoms with Gasteiger partial charge in [-0.2, -0.15) is 0 Å². The van der Waals surface area contributed by atoms with Gasteiger partial charge in [0, 0.05) is 6.04 Å². The third kappa shape index (κ3) is 3.79. The maximum atomic E-state index is 13.3. The molecule has 2 atom stereocenters. The highest BCUT2D eigenvalue weighted by Gasteiger charge is 2.54. The van der Waals surface area contributed by atoms with Crippen LogP contribution in [0, 0.1) is 23.2 Å². The molecule has 4 saturated carbocycles. The molecule has 4 fully saturated rings. The van der Waals surface area contributed by atoms with E-state index in [1.807, 2.05) is 12.1 Å². The molecule has 0 aliphatic heterocycles. The Labute approximate surface area is 171 Å². The molecule has 4 heteroatoms. The van der Waals surface area contributed by atoms with Crippen LogP contribution in [0.3, 0.4) is 0 Å². The maximum Gasteiger partial charge on any atom is 0.240 e. The molecule has 5 rings (SSSR count). The monoisotopic (exact) mass is 403 g/mol. The Morgan fingerprint density at radius 1 is 1.00 bits per heavy atom. The lowest BCUT2D eigenvalue weighted by molar-refractivity contribution is -0.0712. The lowest BCUT2D eigenvalue weighted by atomic mass is 9.47. The predicted molar refractivity (Wildman–Crippen MR) is 115 cm³/mol. The summed E-state index contributed by atoms with van der Waals surface area (Å²) in [5.41, 5.74) is 1.42. The molecule has 4 bridgehead atoms. The van der Waals surface area contributed by atoms with Gasteiger partial charge in [0.15, 0.2) is 0 Å². The van der Waals surface area contributed by atoms with Crippen LogP contribution in [-0.2, 0) is 10.0 Å². The highest BCUT2D eigenvalue weighted by molar-refractivity contribution is 7.89. The van der Waals surface area contributed by atoms with Gasteiger partial charge in [-0.1, -0.05) is 39.3 Å². The van der Waals surface area contributed by atoms with Crippen molar-refractivity contribution >= 4 is 10.0 Å². The van der Waals surface area contributed by atoms with Crippen molar-refractivity contribution in [2.45, 2.75) is 95.4 Å². The lowest BCUT2D eigenvalue weighted by Crippen LogP contribution is -2.56. The zero-order valence-electron chi connectivity index (χ0n) is 17.8. The highest BCUT2D eigenvalue weighted by atomic mass is 32.2. The quantitative estimate of drug-likeness (QED) is 0.590. The molecule has 0 amide bonds. The molecule has 156 valence electrons. The molecular formula is C24H37NO2S. The van der Waals surface area contributed by atoms with Crippen LogP contribution >= 0.6 is 0 Å². The minimum absolute atomic E-state index is 0.0881. The van der Waals surface area contributed by atoms with E-state index in [1.165, 1.54) is 44.1 Å². The summed E-state index contributed by atoms with van der Waals surface area (Å²) in [5, 5.41) is 0. The van der Waals surface area contributed by atoms with Crippen molar-refractivity contribution in [3.8, 4) is 0 Å². The first-order chi connectivity index (χ1) is 13.3. The Morgan fingerprint density at radius 2 is 1.54 bits per heavy atom. The predicted octanol–water partition coefficient (Wildman–Crippen LogP) is 5.86. The molecule has 1 N–H and O–H groups in total. The topological polar surface area (TPSA) is 46.2 Å². The normalized spacial score (nSPS) is 33.8. The fraction of sp³-hybridized carbons (Fsp3) is 0.750. The molecule has 0 spiro atoms. The van der Waals surface area contributed by atoms with E-state index in [-0.39, 0.29) is 11.5 Å². The fourth-order valence-corrected chi connectivity index (χ4v) is 8.22. The van der Waals surface area contributed by atoms with Gasteiger partial charge in [-0.15, -0.1) is 0 Å². The van der Waals surface area contributed by atoms with Crippen LogP contribution in [0.4, 0.5) is 0 Å². The third-order valence-corrected chi connectivity index (χ3v) is 9.56. The molecule has 4 aliphatic rings. The average Bonchev–Trinajstić information content (AvgIpc) is 2.66. The summed E-state index contributed by atoms with van der Waals surface area (Å²) in [4.78, 5) is 0.422. The van der Waals surface area contributed by atoms with E-state index in [4.69, 9.17) is 0 Å². The average molecular weight is 404 g/mol. The van der Waals surface area contributed by atoms with Crippen molar-refractivity contribution in [3.05, 3.63) is 29.8 Å². The highest BCUT2D eigenvalue weighted by Crippen LogP contribution is 2.61. The number of rotatable bonds is 8. The van der Waals surface area contributed by atoms with Gasteiger partial charge in [0.1, 0.15) is 0 Å². The van der Waals surface area contributed by atoms with E-state index < -0.39 is 10.0 Å². The molecule has 4 aliphatic carbocycles. The Hall–Kier alpha value is -0.870. The molecule has 0 heterocycles. The van der Waals surface area contributed by atoms with E-state index in [0.717, 1.165) is 37.0 Å². The van der Waals surface area contributed by atoms with Gasteiger partial charge < -0.3 is 0 Å².